The van der Waals surface area contributed by atoms with Gasteiger partial charge in [-0.1, -0.05) is 206 Å². The summed E-state index contributed by atoms with van der Waals surface area (Å²) in [5.41, 5.74) is 9.94. The van der Waals surface area contributed by atoms with Crippen LogP contribution in [0.2, 0.25) is 0 Å². The van der Waals surface area contributed by atoms with Gasteiger partial charge in [0, 0.05) is 0 Å². The SMILES string of the molecule is c1cc(-c2cccc3ccccc23)cc(-c2c3ccccc3c(-c3ccc(-c4cc5c6ccccc6c6ccccc6c5c5ccccc45)cc3)c3ccccc23)c1. The van der Waals surface area contributed by atoms with Crippen molar-refractivity contribution in [3.8, 4) is 44.5 Å². The molecule has 0 amide bonds. The number of rotatable bonds is 4. The maximum atomic E-state index is 2.44. The van der Waals surface area contributed by atoms with Gasteiger partial charge in [-0.15, -0.1) is 0 Å². The van der Waals surface area contributed by atoms with Crippen LogP contribution in [0.15, 0.2) is 218 Å². The quantitative estimate of drug-likeness (QED) is 0.125. The number of hydrogen-bond acceptors (Lipinski definition) is 0. The Kier molecular flexibility index (Phi) is 7.33. The third-order valence-electron chi connectivity index (χ3n) is 12.4. The van der Waals surface area contributed by atoms with E-state index in [4.69, 9.17) is 0 Å². The summed E-state index contributed by atoms with van der Waals surface area (Å²) in [4.78, 5) is 0. The highest BCUT2D eigenvalue weighted by atomic mass is 14.2. The Morgan fingerprint density at radius 2 is 0.603 bits per heavy atom. The predicted octanol–water partition coefficient (Wildman–Crippen LogP) is 16.4. The van der Waals surface area contributed by atoms with Crippen LogP contribution in [0.3, 0.4) is 0 Å². The third-order valence-corrected chi connectivity index (χ3v) is 12.4. The first kappa shape index (κ1) is 32.7. The monoisotopic (exact) mass is 732 g/mol. The fourth-order valence-corrected chi connectivity index (χ4v) is 9.89. The van der Waals surface area contributed by atoms with Crippen molar-refractivity contribution in [3.05, 3.63) is 218 Å². The minimum Gasteiger partial charge on any atom is -0.0616 e. The maximum absolute atomic E-state index is 2.44. The second-order valence-electron chi connectivity index (χ2n) is 15.5. The van der Waals surface area contributed by atoms with Crippen LogP contribution in [0.4, 0.5) is 0 Å². The predicted molar refractivity (Wildman–Crippen MR) is 251 cm³/mol. The molecule has 0 aromatic heterocycles. The van der Waals surface area contributed by atoms with E-state index in [2.05, 4.69) is 218 Å². The van der Waals surface area contributed by atoms with Gasteiger partial charge in [0.2, 0.25) is 0 Å². The molecule has 0 atom stereocenters. The Labute approximate surface area is 336 Å². The molecule has 0 spiro atoms. The summed E-state index contributed by atoms with van der Waals surface area (Å²) in [5, 5.41) is 17.9. The smallest absolute Gasteiger partial charge is 0.00199 e. The lowest BCUT2D eigenvalue weighted by Crippen LogP contribution is -1.92. The van der Waals surface area contributed by atoms with Crippen LogP contribution in [0.25, 0.3) is 120 Å². The Hall–Kier alpha value is -7.54. The van der Waals surface area contributed by atoms with Gasteiger partial charge in [0.25, 0.3) is 0 Å². The molecule has 0 aliphatic heterocycles. The van der Waals surface area contributed by atoms with E-state index in [9.17, 15) is 0 Å². The minimum absolute atomic E-state index is 1.22. The average Bonchev–Trinajstić information content (AvgIpc) is 3.30. The van der Waals surface area contributed by atoms with E-state index in [1.165, 1.54) is 120 Å². The molecule has 0 nitrogen and oxygen atoms in total. The molecule has 12 rings (SSSR count). The van der Waals surface area contributed by atoms with Crippen molar-refractivity contribution < 1.29 is 0 Å². The van der Waals surface area contributed by atoms with Gasteiger partial charge in [-0.25, -0.2) is 0 Å². The zero-order chi connectivity index (χ0) is 38.2. The molecule has 0 saturated carbocycles. The second-order valence-corrected chi connectivity index (χ2v) is 15.5. The fraction of sp³-hybridized carbons (Fsp3) is 0. The van der Waals surface area contributed by atoms with Gasteiger partial charge in [0.15, 0.2) is 0 Å². The normalized spacial score (nSPS) is 11.8. The number of benzene rings is 12. The van der Waals surface area contributed by atoms with Crippen LogP contribution in [-0.4, -0.2) is 0 Å². The summed E-state index contributed by atoms with van der Waals surface area (Å²) >= 11 is 0. The minimum atomic E-state index is 1.22. The van der Waals surface area contributed by atoms with E-state index < -0.39 is 0 Å². The lowest BCUT2D eigenvalue weighted by Gasteiger charge is -2.19. The molecule has 0 aliphatic carbocycles. The summed E-state index contributed by atoms with van der Waals surface area (Å²) in [7, 11) is 0. The summed E-state index contributed by atoms with van der Waals surface area (Å²) in [5.74, 6) is 0. The molecule has 12 aromatic rings. The fourth-order valence-electron chi connectivity index (χ4n) is 9.89. The summed E-state index contributed by atoms with van der Waals surface area (Å²) < 4.78 is 0. The molecule has 0 fully saturated rings. The summed E-state index contributed by atoms with van der Waals surface area (Å²) in [6.07, 6.45) is 0. The molecule has 0 aliphatic rings. The standard InChI is InChI=1S/C58H36/c1-2-19-42-37(15-1)16-14-30-43(42)40-17-13-18-41(35-40)57-52-28-11-9-26-50(52)56(51-27-10-12-29-53(51)57)39-33-31-38(32-34-39)54-36-55-46-22-4-3-20-44(46)45-21-5-7-24-48(45)58(55)49-25-8-6-23-47(49)54/h1-36H. The Balaban J connectivity index is 1.05. The lowest BCUT2D eigenvalue weighted by molar-refractivity contribution is 1.63. The molecule has 12 aromatic carbocycles. The number of fused-ring (bicyclic) bond motifs is 11. The lowest BCUT2D eigenvalue weighted by atomic mass is 9.84. The second kappa shape index (κ2) is 13.0. The van der Waals surface area contributed by atoms with Gasteiger partial charge in [0.05, 0.1) is 0 Å². The van der Waals surface area contributed by atoms with Gasteiger partial charge >= 0.3 is 0 Å². The molecule has 58 heavy (non-hydrogen) atoms. The van der Waals surface area contributed by atoms with Crippen molar-refractivity contribution in [2.45, 2.75) is 0 Å². The molecule has 0 N–H and O–H groups in total. The zero-order valence-corrected chi connectivity index (χ0v) is 31.8. The van der Waals surface area contributed by atoms with Gasteiger partial charge in [-0.05, 0) is 132 Å². The van der Waals surface area contributed by atoms with Crippen LogP contribution >= 0.6 is 0 Å². The highest BCUT2D eigenvalue weighted by Gasteiger charge is 2.19. The van der Waals surface area contributed by atoms with E-state index in [1.807, 2.05) is 0 Å². The molecular formula is C58H36. The summed E-state index contributed by atoms with van der Waals surface area (Å²) in [6, 6.07) is 80.8. The van der Waals surface area contributed by atoms with E-state index >= 15 is 0 Å². The van der Waals surface area contributed by atoms with Crippen LogP contribution < -0.4 is 0 Å². The first-order valence-electron chi connectivity index (χ1n) is 20.2. The average molecular weight is 733 g/mol. The summed E-state index contributed by atoms with van der Waals surface area (Å²) in [6.45, 7) is 0. The largest absolute Gasteiger partial charge is 0.0616 e. The molecule has 0 radical (unpaired) electrons. The molecular weight excluding hydrogens is 697 g/mol. The first-order valence-corrected chi connectivity index (χ1v) is 20.2. The van der Waals surface area contributed by atoms with Crippen molar-refractivity contribution in [2.24, 2.45) is 0 Å². The van der Waals surface area contributed by atoms with Gasteiger partial charge in [-0.2, -0.15) is 0 Å². The Morgan fingerprint density at radius 3 is 1.24 bits per heavy atom. The van der Waals surface area contributed by atoms with E-state index in [1.54, 1.807) is 0 Å². The first-order chi connectivity index (χ1) is 28.8. The van der Waals surface area contributed by atoms with Crippen LogP contribution in [0.1, 0.15) is 0 Å². The highest BCUT2D eigenvalue weighted by molar-refractivity contribution is 6.33. The molecule has 0 unspecified atom stereocenters. The third kappa shape index (κ3) is 4.95. The van der Waals surface area contributed by atoms with Crippen molar-refractivity contribution in [1.82, 2.24) is 0 Å². The topological polar surface area (TPSA) is 0 Å². The highest BCUT2D eigenvalue weighted by Crippen LogP contribution is 2.46. The Bertz CT molecular complexity index is 3540. The molecule has 0 bridgehead atoms. The van der Waals surface area contributed by atoms with Gasteiger partial charge in [-0.3, -0.25) is 0 Å². The van der Waals surface area contributed by atoms with Crippen molar-refractivity contribution in [1.29, 1.82) is 0 Å². The molecule has 0 heterocycles. The maximum Gasteiger partial charge on any atom is -0.00199 e. The Morgan fingerprint density at radius 1 is 0.190 bits per heavy atom. The van der Waals surface area contributed by atoms with Crippen molar-refractivity contribution in [2.75, 3.05) is 0 Å². The van der Waals surface area contributed by atoms with Gasteiger partial charge in [0.1, 0.15) is 0 Å². The van der Waals surface area contributed by atoms with Crippen molar-refractivity contribution >= 4 is 75.4 Å². The van der Waals surface area contributed by atoms with Crippen LogP contribution in [-0.2, 0) is 0 Å². The molecule has 0 heteroatoms. The zero-order valence-electron chi connectivity index (χ0n) is 31.8. The van der Waals surface area contributed by atoms with E-state index in [0.717, 1.165) is 0 Å². The van der Waals surface area contributed by atoms with E-state index in [-0.39, 0.29) is 0 Å². The van der Waals surface area contributed by atoms with Gasteiger partial charge < -0.3 is 0 Å². The molecule has 268 valence electrons. The van der Waals surface area contributed by atoms with Crippen molar-refractivity contribution in [3.63, 3.8) is 0 Å². The van der Waals surface area contributed by atoms with E-state index in [0.29, 0.717) is 0 Å². The molecule has 0 saturated heterocycles. The van der Waals surface area contributed by atoms with Crippen LogP contribution in [0, 0.1) is 0 Å². The number of hydrogen-bond donors (Lipinski definition) is 0. The van der Waals surface area contributed by atoms with Crippen LogP contribution in [0.5, 0.6) is 0 Å².